The lowest BCUT2D eigenvalue weighted by molar-refractivity contribution is 0.220. The van der Waals surface area contributed by atoms with Gasteiger partial charge < -0.3 is 14.6 Å². The lowest BCUT2D eigenvalue weighted by atomic mass is 10.2. The Bertz CT molecular complexity index is 408. The fourth-order valence-corrected chi connectivity index (χ4v) is 2.61. The number of furan rings is 1. The Hall–Kier alpha value is -1.49. The SMILES string of the molecule is CCNC(=NCC(c1ccco1)N1CCCC1)N(C)C. The zero-order valence-corrected chi connectivity index (χ0v) is 12.8. The Labute approximate surface area is 121 Å². The number of nitrogens with zero attached hydrogens (tertiary/aromatic N) is 3. The van der Waals surface area contributed by atoms with Crippen molar-refractivity contribution >= 4 is 5.96 Å². The maximum Gasteiger partial charge on any atom is 0.193 e. The molecule has 1 aliphatic rings. The zero-order valence-electron chi connectivity index (χ0n) is 12.8. The molecule has 2 rings (SSSR count). The predicted octanol–water partition coefficient (Wildman–Crippen LogP) is 1.94. The van der Waals surface area contributed by atoms with E-state index in [-0.39, 0.29) is 6.04 Å². The van der Waals surface area contributed by atoms with Crippen LogP contribution in [0.4, 0.5) is 0 Å². The van der Waals surface area contributed by atoms with Gasteiger partial charge in [0.2, 0.25) is 0 Å². The third kappa shape index (κ3) is 3.76. The molecule has 0 radical (unpaired) electrons. The van der Waals surface area contributed by atoms with Gasteiger partial charge in [0.15, 0.2) is 5.96 Å². The highest BCUT2D eigenvalue weighted by Crippen LogP contribution is 2.25. The minimum absolute atomic E-state index is 0.251. The highest BCUT2D eigenvalue weighted by molar-refractivity contribution is 5.79. The molecular formula is C15H26N4O. The van der Waals surface area contributed by atoms with Crippen molar-refractivity contribution in [2.24, 2.45) is 4.99 Å². The van der Waals surface area contributed by atoms with Crippen LogP contribution in [0.25, 0.3) is 0 Å². The lowest BCUT2D eigenvalue weighted by Gasteiger charge is -2.25. The van der Waals surface area contributed by atoms with Crippen LogP contribution in [0.1, 0.15) is 31.6 Å². The van der Waals surface area contributed by atoms with Gasteiger partial charge in [-0.1, -0.05) is 0 Å². The van der Waals surface area contributed by atoms with Gasteiger partial charge in [0, 0.05) is 20.6 Å². The second-order valence-corrected chi connectivity index (χ2v) is 5.36. The Morgan fingerprint density at radius 2 is 2.20 bits per heavy atom. The molecule has 0 spiro atoms. The van der Waals surface area contributed by atoms with Crippen molar-refractivity contribution in [1.82, 2.24) is 15.1 Å². The van der Waals surface area contributed by atoms with Crippen molar-refractivity contribution in [3.8, 4) is 0 Å². The van der Waals surface area contributed by atoms with Gasteiger partial charge in [-0.15, -0.1) is 0 Å². The van der Waals surface area contributed by atoms with Gasteiger partial charge in [-0.05, 0) is 45.0 Å². The van der Waals surface area contributed by atoms with Crippen LogP contribution >= 0.6 is 0 Å². The molecular weight excluding hydrogens is 252 g/mol. The molecule has 0 amide bonds. The average Bonchev–Trinajstić information content (AvgIpc) is 3.11. The standard InChI is InChI=1S/C15H26N4O/c1-4-16-15(18(2)3)17-12-13(14-8-7-11-20-14)19-9-5-6-10-19/h7-8,11,13H,4-6,9-10,12H2,1-3H3,(H,16,17). The number of hydrogen-bond acceptors (Lipinski definition) is 3. The Morgan fingerprint density at radius 1 is 1.45 bits per heavy atom. The average molecular weight is 278 g/mol. The predicted molar refractivity (Wildman–Crippen MR) is 81.9 cm³/mol. The molecule has 0 saturated carbocycles. The van der Waals surface area contributed by atoms with Crippen LogP contribution in [0.2, 0.25) is 0 Å². The molecule has 0 aliphatic carbocycles. The van der Waals surface area contributed by atoms with E-state index in [0.717, 1.165) is 37.9 Å². The van der Waals surface area contributed by atoms with Crippen molar-refractivity contribution in [1.29, 1.82) is 0 Å². The zero-order chi connectivity index (χ0) is 14.4. The number of likely N-dealkylation sites (tertiary alicyclic amines) is 1. The molecule has 1 fully saturated rings. The van der Waals surface area contributed by atoms with Crippen LogP contribution in [-0.2, 0) is 0 Å². The number of rotatable bonds is 5. The first-order valence-electron chi connectivity index (χ1n) is 7.45. The maximum absolute atomic E-state index is 5.62. The molecule has 1 aromatic rings. The summed E-state index contributed by atoms with van der Waals surface area (Å²) in [6, 6.07) is 4.27. The van der Waals surface area contributed by atoms with E-state index in [4.69, 9.17) is 9.41 Å². The highest BCUT2D eigenvalue weighted by atomic mass is 16.3. The highest BCUT2D eigenvalue weighted by Gasteiger charge is 2.25. The van der Waals surface area contributed by atoms with Gasteiger partial charge in [-0.25, -0.2) is 0 Å². The van der Waals surface area contributed by atoms with Crippen LogP contribution in [-0.4, -0.2) is 56.0 Å². The summed E-state index contributed by atoms with van der Waals surface area (Å²) < 4.78 is 5.62. The summed E-state index contributed by atoms with van der Waals surface area (Å²) in [6.07, 6.45) is 4.29. The smallest absolute Gasteiger partial charge is 0.193 e. The van der Waals surface area contributed by atoms with Crippen LogP contribution in [0.5, 0.6) is 0 Å². The lowest BCUT2D eigenvalue weighted by Crippen LogP contribution is -2.37. The van der Waals surface area contributed by atoms with E-state index in [1.807, 2.05) is 25.1 Å². The van der Waals surface area contributed by atoms with Crippen LogP contribution in [0, 0.1) is 0 Å². The van der Waals surface area contributed by atoms with Gasteiger partial charge in [0.25, 0.3) is 0 Å². The quantitative estimate of drug-likeness (QED) is 0.660. The topological polar surface area (TPSA) is 44.0 Å². The number of hydrogen-bond donors (Lipinski definition) is 1. The van der Waals surface area contributed by atoms with Crippen molar-refractivity contribution in [3.63, 3.8) is 0 Å². The molecule has 0 aromatic carbocycles. The largest absolute Gasteiger partial charge is 0.468 e. The molecule has 1 aromatic heterocycles. The molecule has 5 heteroatoms. The third-order valence-electron chi connectivity index (χ3n) is 3.63. The first-order chi connectivity index (χ1) is 9.72. The minimum atomic E-state index is 0.251. The van der Waals surface area contributed by atoms with Gasteiger partial charge in [0.1, 0.15) is 5.76 Å². The molecule has 5 nitrogen and oxygen atoms in total. The molecule has 1 saturated heterocycles. The van der Waals surface area contributed by atoms with E-state index in [9.17, 15) is 0 Å². The summed E-state index contributed by atoms with van der Waals surface area (Å²) in [5.41, 5.74) is 0. The minimum Gasteiger partial charge on any atom is -0.468 e. The van der Waals surface area contributed by atoms with Gasteiger partial charge >= 0.3 is 0 Å². The Morgan fingerprint density at radius 3 is 2.75 bits per heavy atom. The molecule has 112 valence electrons. The summed E-state index contributed by atoms with van der Waals surface area (Å²) in [4.78, 5) is 9.24. The van der Waals surface area contributed by atoms with E-state index in [1.54, 1.807) is 6.26 Å². The van der Waals surface area contributed by atoms with Gasteiger partial charge in [-0.2, -0.15) is 0 Å². The third-order valence-corrected chi connectivity index (χ3v) is 3.63. The summed E-state index contributed by atoms with van der Waals surface area (Å²) in [5, 5.41) is 3.30. The summed E-state index contributed by atoms with van der Waals surface area (Å²) in [7, 11) is 4.03. The van der Waals surface area contributed by atoms with E-state index >= 15 is 0 Å². The van der Waals surface area contributed by atoms with E-state index in [0.29, 0.717) is 0 Å². The van der Waals surface area contributed by atoms with Crippen molar-refractivity contribution in [2.75, 3.05) is 40.3 Å². The summed E-state index contributed by atoms with van der Waals surface area (Å²) in [6.45, 7) is 5.97. The Kier molecular flexibility index (Phi) is 5.47. The second-order valence-electron chi connectivity index (χ2n) is 5.36. The molecule has 1 N–H and O–H groups in total. The molecule has 20 heavy (non-hydrogen) atoms. The van der Waals surface area contributed by atoms with Crippen LogP contribution < -0.4 is 5.32 Å². The Balaban J connectivity index is 2.09. The van der Waals surface area contributed by atoms with Crippen LogP contribution in [0.15, 0.2) is 27.8 Å². The van der Waals surface area contributed by atoms with Crippen molar-refractivity contribution in [2.45, 2.75) is 25.8 Å². The van der Waals surface area contributed by atoms with E-state index in [1.165, 1.54) is 12.8 Å². The normalized spacial score (nSPS) is 18.2. The van der Waals surface area contributed by atoms with Crippen molar-refractivity contribution < 1.29 is 4.42 Å². The monoisotopic (exact) mass is 278 g/mol. The van der Waals surface area contributed by atoms with Gasteiger partial charge in [0.05, 0.1) is 18.8 Å². The number of aliphatic imine (C=N–C) groups is 1. The van der Waals surface area contributed by atoms with Crippen LogP contribution in [0.3, 0.4) is 0 Å². The fourth-order valence-electron chi connectivity index (χ4n) is 2.61. The maximum atomic E-state index is 5.62. The van der Waals surface area contributed by atoms with Crippen molar-refractivity contribution in [3.05, 3.63) is 24.2 Å². The first kappa shape index (κ1) is 14.9. The molecule has 2 heterocycles. The molecule has 1 unspecified atom stereocenters. The molecule has 0 bridgehead atoms. The van der Waals surface area contributed by atoms with E-state index < -0.39 is 0 Å². The van der Waals surface area contributed by atoms with E-state index in [2.05, 4.69) is 23.2 Å². The first-order valence-corrected chi connectivity index (χ1v) is 7.45. The summed E-state index contributed by atoms with van der Waals surface area (Å²) >= 11 is 0. The number of guanidine groups is 1. The summed E-state index contributed by atoms with van der Waals surface area (Å²) in [5.74, 6) is 1.95. The second kappa shape index (κ2) is 7.33. The molecule has 1 atom stereocenters. The van der Waals surface area contributed by atoms with Gasteiger partial charge in [-0.3, -0.25) is 9.89 Å². The fraction of sp³-hybridized carbons (Fsp3) is 0.667. The molecule has 1 aliphatic heterocycles. The number of nitrogens with one attached hydrogen (secondary N) is 1.